The zero-order chi connectivity index (χ0) is 25.7. The molecule has 4 aromatic rings. The number of benzene rings is 3. The number of pyridine rings is 1. The van der Waals surface area contributed by atoms with Gasteiger partial charge in [-0.05, 0) is 79.3 Å². The number of hydrogen-bond donors (Lipinski definition) is 2. The van der Waals surface area contributed by atoms with Gasteiger partial charge in [0, 0.05) is 28.9 Å². The second-order valence-electron chi connectivity index (χ2n) is 7.75. The maximum atomic E-state index is 12.5. The molecule has 0 atom stereocenters. The van der Waals surface area contributed by atoms with E-state index < -0.39 is 0 Å². The summed E-state index contributed by atoms with van der Waals surface area (Å²) < 4.78 is 22.1. The fourth-order valence-electron chi connectivity index (χ4n) is 3.57. The van der Waals surface area contributed by atoms with Crippen LogP contribution in [0.5, 0.6) is 28.7 Å². The second kappa shape index (κ2) is 10.9. The van der Waals surface area contributed by atoms with Crippen molar-refractivity contribution in [3.8, 4) is 28.7 Å². The van der Waals surface area contributed by atoms with Crippen LogP contribution in [0.15, 0.2) is 66.9 Å². The van der Waals surface area contributed by atoms with Crippen molar-refractivity contribution in [1.82, 2.24) is 10.3 Å². The van der Waals surface area contributed by atoms with Crippen LogP contribution in [0.25, 0.3) is 10.9 Å². The third-order valence-electron chi connectivity index (χ3n) is 5.46. The van der Waals surface area contributed by atoms with Gasteiger partial charge >= 0.3 is 0 Å². The molecule has 184 valence electrons. The molecule has 0 saturated heterocycles. The molecule has 0 aliphatic rings. The Kier molecular flexibility index (Phi) is 7.50. The predicted molar refractivity (Wildman–Crippen MR) is 143 cm³/mol. The molecule has 0 radical (unpaired) electrons. The van der Waals surface area contributed by atoms with E-state index in [0.29, 0.717) is 34.3 Å². The van der Waals surface area contributed by atoms with Crippen LogP contribution in [-0.2, 0) is 0 Å². The van der Waals surface area contributed by atoms with E-state index in [9.17, 15) is 4.79 Å². The molecule has 1 heterocycles. The first-order valence-corrected chi connectivity index (χ1v) is 11.4. The molecule has 8 nitrogen and oxygen atoms in total. The third-order valence-corrected chi connectivity index (χ3v) is 5.66. The number of ether oxygens (including phenoxy) is 4. The highest BCUT2D eigenvalue weighted by molar-refractivity contribution is 7.80. The Labute approximate surface area is 214 Å². The summed E-state index contributed by atoms with van der Waals surface area (Å²) in [5.41, 5.74) is 2.82. The van der Waals surface area contributed by atoms with Gasteiger partial charge < -0.3 is 24.3 Å². The monoisotopic (exact) mass is 503 g/mol. The number of amides is 1. The SMILES string of the molecule is COc1ccc(C(=O)NC(=S)Nc2ccc(Oc3ccnc4cc(OC)c(OC)cc34)cc2C)cc1. The Morgan fingerprint density at radius 2 is 1.53 bits per heavy atom. The molecule has 0 saturated carbocycles. The smallest absolute Gasteiger partial charge is 0.257 e. The van der Waals surface area contributed by atoms with E-state index in [1.807, 2.05) is 31.2 Å². The van der Waals surface area contributed by atoms with Crippen LogP contribution in [0.4, 0.5) is 5.69 Å². The Hall–Kier alpha value is -4.37. The first-order chi connectivity index (χ1) is 17.4. The molecule has 0 spiro atoms. The first kappa shape index (κ1) is 24.7. The molecule has 1 aromatic heterocycles. The van der Waals surface area contributed by atoms with Gasteiger partial charge in [-0.25, -0.2) is 0 Å². The molecule has 0 fully saturated rings. The molecule has 0 bridgehead atoms. The molecule has 1 amide bonds. The largest absolute Gasteiger partial charge is 0.497 e. The molecule has 0 unspecified atom stereocenters. The van der Waals surface area contributed by atoms with E-state index in [-0.39, 0.29) is 11.0 Å². The van der Waals surface area contributed by atoms with Crippen LogP contribution in [0, 0.1) is 6.92 Å². The molecule has 2 N–H and O–H groups in total. The molecular formula is C27H25N3O5S. The van der Waals surface area contributed by atoms with E-state index in [1.165, 1.54) is 0 Å². The highest BCUT2D eigenvalue weighted by atomic mass is 32.1. The summed E-state index contributed by atoms with van der Waals surface area (Å²) in [6.45, 7) is 1.92. The number of anilines is 1. The molecule has 0 aliphatic carbocycles. The van der Waals surface area contributed by atoms with Gasteiger partial charge in [-0.2, -0.15) is 0 Å². The number of aromatic nitrogens is 1. The highest BCUT2D eigenvalue weighted by Crippen LogP contribution is 2.37. The van der Waals surface area contributed by atoms with Crippen molar-refractivity contribution in [2.24, 2.45) is 0 Å². The van der Waals surface area contributed by atoms with Crippen molar-refractivity contribution in [3.63, 3.8) is 0 Å². The summed E-state index contributed by atoms with van der Waals surface area (Å²) in [7, 11) is 4.73. The minimum Gasteiger partial charge on any atom is -0.497 e. The lowest BCUT2D eigenvalue weighted by Gasteiger charge is -2.15. The van der Waals surface area contributed by atoms with E-state index in [0.717, 1.165) is 22.2 Å². The van der Waals surface area contributed by atoms with E-state index in [4.69, 9.17) is 31.2 Å². The lowest BCUT2D eigenvalue weighted by Crippen LogP contribution is -2.34. The summed E-state index contributed by atoms with van der Waals surface area (Å²) in [4.78, 5) is 16.9. The predicted octanol–water partition coefficient (Wildman–Crippen LogP) is 5.49. The van der Waals surface area contributed by atoms with Gasteiger partial charge in [0.1, 0.15) is 17.2 Å². The number of aryl methyl sites for hydroxylation is 1. The van der Waals surface area contributed by atoms with E-state index in [1.54, 1.807) is 63.9 Å². The van der Waals surface area contributed by atoms with Crippen LogP contribution in [0.3, 0.4) is 0 Å². The van der Waals surface area contributed by atoms with Crippen LogP contribution in [0.2, 0.25) is 0 Å². The standard InChI is InChI=1S/C27H25N3O5S/c1-16-13-19(35-23-11-12-28-22-15-25(34-4)24(33-3)14-20(22)23)9-10-21(16)29-27(36)30-26(31)17-5-7-18(32-2)8-6-17/h5-15H,1-4H3,(H2,29,30,31,36). The maximum Gasteiger partial charge on any atom is 0.257 e. The van der Waals surface area contributed by atoms with E-state index in [2.05, 4.69) is 15.6 Å². The van der Waals surface area contributed by atoms with Crippen molar-refractivity contribution in [1.29, 1.82) is 0 Å². The number of hydrogen-bond acceptors (Lipinski definition) is 7. The Bertz CT molecular complexity index is 1420. The summed E-state index contributed by atoms with van der Waals surface area (Å²) in [5, 5.41) is 6.72. The summed E-state index contributed by atoms with van der Waals surface area (Å²) >= 11 is 5.33. The van der Waals surface area contributed by atoms with Crippen molar-refractivity contribution in [2.75, 3.05) is 26.6 Å². The number of nitrogens with zero attached hydrogens (tertiary/aromatic N) is 1. The van der Waals surface area contributed by atoms with Gasteiger partial charge in [-0.3, -0.25) is 15.1 Å². The fourth-order valence-corrected chi connectivity index (χ4v) is 3.78. The number of carbonyl (C=O) groups is 1. The number of rotatable bonds is 7. The van der Waals surface area contributed by atoms with Crippen molar-refractivity contribution in [2.45, 2.75) is 6.92 Å². The molecule has 36 heavy (non-hydrogen) atoms. The second-order valence-corrected chi connectivity index (χ2v) is 8.16. The molecule has 9 heteroatoms. The maximum absolute atomic E-state index is 12.5. The number of fused-ring (bicyclic) bond motifs is 1. The lowest BCUT2D eigenvalue weighted by molar-refractivity contribution is 0.0977. The Balaban J connectivity index is 1.47. The zero-order valence-electron chi connectivity index (χ0n) is 20.2. The summed E-state index contributed by atoms with van der Waals surface area (Å²) in [6.07, 6.45) is 1.68. The number of methoxy groups -OCH3 is 3. The van der Waals surface area contributed by atoms with Gasteiger partial charge in [0.05, 0.1) is 26.8 Å². The van der Waals surface area contributed by atoms with Crippen LogP contribution in [0.1, 0.15) is 15.9 Å². The van der Waals surface area contributed by atoms with Gasteiger partial charge in [0.25, 0.3) is 5.91 Å². The summed E-state index contributed by atoms with van der Waals surface area (Å²) in [6, 6.07) is 17.7. The average Bonchev–Trinajstić information content (AvgIpc) is 2.89. The topological polar surface area (TPSA) is 90.9 Å². The van der Waals surface area contributed by atoms with Crippen LogP contribution in [-0.4, -0.2) is 37.3 Å². The normalized spacial score (nSPS) is 10.4. The zero-order valence-corrected chi connectivity index (χ0v) is 21.1. The minimum atomic E-state index is -0.315. The molecule has 3 aromatic carbocycles. The van der Waals surface area contributed by atoms with Crippen molar-refractivity contribution >= 4 is 39.8 Å². The molecule has 0 aliphatic heterocycles. The Morgan fingerprint density at radius 3 is 2.19 bits per heavy atom. The van der Waals surface area contributed by atoms with Crippen LogP contribution >= 0.6 is 12.2 Å². The number of thiocarbonyl (C=S) groups is 1. The minimum absolute atomic E-state index is 0.189. The molecule has 4 rings (SSSR count). The van der Waals surface area contributed by atoms with Crippen molar-refractivity contribution in [3.05, 3.63) is 78.0 Å². The van der Waals surface area contributed by atoms with Crippen molar-refractivity contribution < 1.29 is 23.7 Å². The third kappa shape index (κ3) is 5.47. The summed E-state index contributed by atoms with van der Waals surface area (Å²) in [5.74, 6) is 2.80. The van der Waals surface area contributed by atoms with E-state index >= 15 is 0 Å². The highest BCUT2D eigenvalue weighted by Gasteiger charge is 2.13. The fraction of sp³-hybridized carbons (Fsp3) is 0.148. The number of nitrogens with one attached hydrogen (secondary N) is 2. The lowest BCUT2D eigenvalue weighted by atomic mass is 10.1. The quantitative estimate of drug-likeness (QED) is 0.320. The Morgan fingerprint density at radius 1 is 0.833 bits per heavy atom. The first-order valence-electron chi connectivity index (χ1n) is 11.0. The van der Waals surface area contributed by atoms with Gasteiger partial charge in [0.15, 0.2) is 16.6 Å². The average molecular weight is 504 g/mol. The van der Waals surface area contributed by atoms with Gasteiger partial charge in [-0.1, -0.05) is 0 Å². The van der Waals surface area contributed by atoms with Gasteiger partial charge in [0.2, 0.25) is 0 Å². The number of carbonyl (C=O) groups excluding carboxylic acids is 1. The molecular weight excluding hydrogens is 478 g/mol. The van der Waals surface area contributed by atoms with Crippen LogP contribution < -0.4 is 29.6 Å². The van der Waals surface area contributed by atoms with Gasteiger partial charge in [-0.15, -0.1) is 0 Å².